The van der Waals surface area contributed by atoms with Crippen LogP contribution in [0.4, 0.5) is 0 Å². The van der Waals surface area contributed by atoms with Gasteiger partial charge in [0.2, 0.25) is 5.91 Å². The van der Waals surface area contributed by atoms with Gasteiger partial charge >= 0.3 is 0 Å². The Morgan fingerprint density at radius 2 is 2.19 bits per heavy atom. The number of hydrogen-bond acceptors (Lipinski definition) is 3. The highest BCUT2D eigenvalue weighted by atomic mass is 16.5. The van der Waals surface area contributed by atoms with Crippen molar-refractivity contribution in [2.24, 2.45) is 5.73 Å². The lowest BCUT2D eigenvalue weighted by Gasteiger charge is -2.45. The molecule has 1 unspecified atom stereocenters. The third-order valence-corrected chi connectivity index (χ3v) is 3.10. The highest BCUT2D eigenvalue weighted by Crippen LogP contribution is 2.34. The van der Waals surface area contributed by atoms with Crippen LogP contribution in [0, 0.1) is 0 Å². The summed E-state index contributed by atoms with van der Waals surface area (Å²) in [5, 5.41) is 3.49. The molecule has 0 aromatic rings. The van der Waals surface area contributed by atoms with Gasteiger partial charge in [-0.25, -0.2) is 0 Å². The summed E-state index contributed by atoms with van der Waals surface area (Å²) in [5.74, 6) is -0.235. The molecule has 0 aromatic carbocycles. The van der Waals surface area contributed by atoms with Crippen LogP contribution in [0.2, 0.25) is 0 Å². The lowest BCUT2D eigenvalue weighted by Crippen LogP contribution is -2.56. The minimum Gasteiger partial charge on any atom is -0.375 e. The molecule has 4 nitrogen and oxygen atoms in total. The molecular formula is C12H24N2O2. The Morgan fingerprint density at radius 1 is 1.50 bits per heavy atom. The standard InChI is InChI=1S/C12H24N2O2/c1-4-6-14-12(8-10(13)15)5-7-16-11(2,3)9-12/h14H,4-9H2,1-3H3,(H2,13,15). The first kappa shape index (κ1) is 13.5. The second-order valence-electron chi connectivity index (χ2n) is 5.39. The van der Waals surface area contributed by atoms with Gasteiger partial charge in [0.25, 0.3) is 0 Å². The van der Waals surface area contributed by atoms with E-state index < -0.39 is 0 Å². The van der Waals surface area contributed by atoms with Crippen LogP contribution in [0.3, 0.4) is 0 Å². The quantitative estimate of drug-likeness (QED) is 0.743. The molecule has 0 radical (unpaired) electrons. The molecule has 0 saturated carbocycles. The van der Waals surface area contributed by atoms with Crippen molar-refractivity contribution in [1.29, 1.82) is 0 Å². The summed E-state index contributed by atoms with van der Waals surface area (Å²) < 4.78 is 5.69. The Balaban J connectivity index is 2.72. The van der Waals surface area contributed by atoms with Crippen molar-refractivity contribution < 1.29 is 9.53 Å². The van der Waals surface area contributed by atoms with E-state index in [0.717, 1.165) is 25.8 Å². The molecule has 0 bridgehead atoms. The van der Waals surface area contributed by atoms with Crippen molar-refractivity contribution in [2.75, 3.05) is 13.2 Å². The molecule has 1 heterocycles. The molecule has 16 heavy (non-hydrogen) atoms. The Morgan fingerprint density at radius 3 is 2.69 bits per heavy atom. The zero-order valence-corrected chi connectivity index (χ0v) is 10.6. The van der Waals surface area contributed by atoms with Gasteiger partial charge in [-0.1, -0.05) is 6.92 Å². The van der Waals surface area contributed by atoms with Crippen LogP contribution in [0.1, 0.15) is 46.5 Å². The second-order valence-corrected chi connectivity index (χ2v) is 5.39. The van der Waals surface area contributed by atoms with Crippen LogP contribution in [0.15, 0.2) is 0 Å². The first-order chi connectivity index (χ1) is 7.39. The summed E-state index contributed by atoms with van der Waals surface area (Å²) >= 11 is 0. The molecule has 1 rings (SSSR count). The number of primary amides is 1. The van der Waals surface area contributed by atoms with Gasteiger partial charge < -0.3 is 15.8 Å². The van der Waals surface area contributed by atoms with Crippen molar-refractivity contribution in [1.82, 2.24) is 5.32 Å². The maximum atomic E-state index is 11.2. The number of hydrogen-bond donors (Lipinski definition) is 2. The predicted octanol–water partition coefficient (Wildman–Crippen LogP) is 1.19. The van der Waals surface area contributed by atoms with Crippen molar-refractivity contribution in [3.8, 4) is 0 Å². The van der Waals surface area contributed by atoms with Gasteiger partial charge in [0.1, 0.15) is 0 Å². The Kier molecular flexibility index (Phi) is 4.33. The lowest BCUT2D eigenvalue weighted by atomic mass is 9.78. The molecule has 1 amide bonds. The Labute approximate surface area is 97.9 Å². The van der Waals surface area contributed by atoms with Crippen LogP contribution < -0.4 is 11.1 Å². The zero-order valence-electron chi connectivity index (χ0n) is 10.6. The molecule has 1 aliphatic heterocycles. The predicted molar refractivity (Wildman–Crippen MR) is 64.1 cm³/mol. The van der Waals surface area contributed by atoms with E-state index in [2.05, 4.69) is 26.1 Å². The molecule has 94 valence electrons. The van der Waals surface area contributed by atoms with Crippen LogP contribution in [0.25, 0.3) is 0 Å². The van der Waals surface area contributed by atoms with E-state index in [1.165, 1.54) is 0 Å². The highest BCUT2D eigenvalue weighted by molar-refractivity contribution is 5.75. The number of carbonyl (C=O) groups is 1. The highest BCUT2D eigenvalue weighted by Gasteiger charge is 2.41. The van der Waals surface area contributed by atoms with Crippen LogP contribution >= 0.6 is 0 Å². The largest absolute Gasteiger partial charge is 0.375 e. The summed E-state index contributed by atoms with van der Waals surface area (Å²) in [6, 6.07) is 0. The number of nitrogens with two attached hydrogens (primary N) is 1. The van der Waals surface area contributed by atoms with Crippen molar-refractivity contribution in [2.45, 2.75) is 57.6 Å². The van der Waals surface area contributed by atoms with Gasteiger partial charge in [0, 0.05) is 18.6 Å². The molecule has 1 aliphatic rings. The smallest absolute Gasteiger partial charge is 0.219 e. The maximum Gasteiger partial charge on any atom is 0.219 e. The van der Waals surface area contributed by atoms with E-state index in [1.54, 1.807) is 0 Å². The van der Waals surface area contributed by atoms with Gasteiger partial charge in [-0.2, -0.15) is 0 Å². The third kappa shape index (κ3) is 3.76. The molecule has 4 heteroatoms. The average molecular weight is 228 g/mol. The third-order valence-electron chi connectivity index (χ3n) is 3.10. The first-order valence-electron chi connectivity index (χ1n) is 6.06. The molecule has 1 fully saturated rings. The van der Waals surface area contributed by atoms with Crippen molar-refractivity contribution in [3.63, 3.8) is 0 Å². The SMILES string of the molecule is CCCNC1(CC(N)=O)CCOC(C)(C)C1. The van der Waals surface area contributed by atoms with Crippen LogP contribution in [-0.4, -0.2) is 30.2 Å². The number of nitrogens with one attached hydrogen (secondary N) is 1. The molecule has 0 aliphatic carbocycles. The summed E-state index contributed by atoms with van der Waals surface area (Å²) in [6.07, 6.45) is 3.16. The van der Waals surface area contributed by atoms with Crippen LogP contribution in [0.5, 0.6) is 0 Å². The fourth-order valence-corrected chi connectivity index (χ4v) is 2.56. The van der Waals surface area contributed by atoms with E-state index in [0.29, 0.717) is 13.0 Å². The van der Waals surface area contributed by atoms with E-state index in [9.17, 15) is 4.79 Å². The van der Waals surface area contributed by atoms with Gasteiger partial charge in [-0.15, -0.1) is 0 Å². The monoisotopic (exact) mass is 228 g/mol. The van der Waals surface area contributed by atoms with E-state index >= 15 is 0 Å². The molecule has 0 spiro atoms. The second kappa shape index (κ2) is 5.15. The molecule has 1 saturated heterocycles. The lowest BCUT2D eigenvalue weighted by molar-refractivity contribution is -0.124. The summed E-state index contributed by atoms with van der Waals surface area (Å²) in [4.78, 5) is 11.2. The minimum absolute atomic E-state index is 0.163. The minimum atomic E-state index is -0.235. The maximum absolute atomic E-state index is 11.2. The van der Waals surface area contributed by atoms with Gasteiger partial charge in [0.15, 0.2) is 0 Å². The fourth-order valence-electron chi connectivity index (χ4n) is 2.56. The van der Waals surface area contributed by atoms with E-state index in [4.69, 9.17) is 10.5 Å². The van der Waals surface area contributed by atoms with Crippen LogP contribution in [-0.2, 0) is 9.53 Å². The number of carbonyl (C=O) groups excluding carboxylic acids is 1. The molecule has 1 atom stereocenters. The molecule has 3 N–H and O–H groups in total. The van der Waals surface area contributed by atoms with Gasteiger partial charge in [-0.3, -0.25) is 4.79 Å². The van der Waals surface area contributed by atoms with E-state index in [-0.39, 0.29) is 17.0 Å². The van der Waals surface area contributed by atoms with Gasteiger partial charge in [0.05, 0.1) is 5.60 Å². The average Bonchev–Trinajstić information content (AvgIpc) is 2.12. The van der Waals surface area contributed by atoms with Crippen molar-refractivity contribution in [3.05, 3.63) is 0 Å². The van der Waals surface area contributed by atoms with Crippen molar-refractivity contribution >= 4 is 5.91 Å². The normalized spacial score (nSPS) is 28.9. The number of amides is 1. The summed E-state index contributed by atoms with van der Waals surface area (Å²) in [7, 11) is 0. The fraction of sp³-hybridized carbons (Fsp3) is 0.917. The molecule has 0 aromatic heterocycles. The summed E-state index contributed by atoms with van der Waals surface area (Å²) in [5.41, 5.74) is 5.01. The number of ether oxygens (including phenoxy) is 1. The Bertz CT molecular complexity index is 253. The number of rotatable bonds is 5. The summed E-state index contributed by atoms with van der Waals surface area (Å²) in [6.45, 7) is 7.86. The van der Waals surface area contributed by atoms with Gasteiger partial charge in [-0.05, 0) is 39.7 Å². The molecular weight excluding hydrogens is 204 g/mol. The zero-order chi connectivity index (χ0) is 12.2. The van der Waals surface area contributed by atoms with E-state index in [1.807, 2.05) is 0 Å². The Hall–Kier alpha value is -0.610. The topological polar surface area (TPSA) is 64.3 Å². The first-order valence-corrected chi connectivity index (χ1v) is 6.06.